The Morgan fingerprint density at radius 1 is 0.860 bits per heavy atom. The van der Waals surface area contributed by atoms with Crippen LogP contribution in [-0.2, 0) is 18.9 Å². The first kappa shape index (κ1) is 30.9. The van der Waals surface area contributed by atoms with Gasteiger partial charge in [-0.2, -0.15) is 0 Å². The van der Waals surface area contributed by atoms with Crippen LogP contribution in [0.1, 0.15) is 49.1 Å². The van der Waals surface area contributed by atoms with Gasteiger partial charge < -0.3 is 59.4 Å². The lowest BCUT2D eigenvalue weighted by Gasteiger charge is -2.45. The molecule has 232 valence electrons. The van der Waals surface area contributed by atoms with Gasteiger partial charge in [-0.15, -0.1) is 0 Å². The summed E-state index contributed by atoms with van der Waals surface area (Å²) >= 11 is 0. The monoisotopic (exact) mass is 606 g/mol. The van der Waals surface area contributed by atoms with Gasteiger partial charge in [0.2, 0.25) is 6.29 Å². The van der Waals surface area contributed by atoms with E-state index in [1.165, 1.54) is 31.2 Å². The van der Waals surface area contributed by atoms with Crippen molar-refractivity contribution < 1.29 is 73.8 Å². The molecule has 2 fully saturated rings. The summed E-state index contributed by atoms with van der Waals surface area (Å²) in [7, 11) is 0.987. The summed E-state index contributed by atoms with van der Waals surface area (Å²) in [6.45, 7) is 0.557. The minimum absolute atomic E-state index is 0.000617. The van der Waals surface area contributed by atoms with Gasteiger partial charge in [0.25, 0.3) is 0 Å². The highest BCUT2D eigenvalue weighted by Gasteiger charge is 2.51. The number of phenolic OH excluding ortho intramolecular Hbond substituents is 1. The highest BCUT2D eigenvalue weighted by molar-refractivity contribution is 6.30. The Bertz CT molecular complexity index is 1430. The molecule has 10 atom stereocenters. The number of methoxy groups -OCH3 is 1. The van der Waals surface area contributed by atoms with Crippen molar-refractivity contribution in [2.75, 3.05) is 13.7 Å². The molecular formula is C28H30O15. The molecule has 2 saturated heterocycles. The predicted molar refractivity (Wildman–Crippen MR) is 138 cm³/mol. The maximum absolute atomic E-state index is 13.4. The third-order valence-electron chi connectivity index (χ3n) is 7.71. The molecule has 0 spiro atoms. The number of esters is 1. The van der Waals surface area contributed by atoms with Crippen LogP contribution in [0.3, 0.4) is 0 Å². The van der Waals surface area contributed by atoms with Gasteiger partial charge in [-0.25, -0.2) is 4.79 Å². The van der Waals surface area contributed by atoms with Gasteiger partial charge in [0.15, 0.2) is 24.0 Å². The number of aliphatic hydroxyl groups excluding tert-OH is 6. The average Bonchev–Trinajstić information content (AvgIpc) is 3.00. The molecule has 43 heavy (non-hydrogen) atoms. The van der Waals surface area contributed by atoms with Gasteiger partial charge >= 0.3 is 5.97 Å². The van der Waals surface area contributed by atoms with Crippen LogP contribution in [0.25, 0.3) is 0 Å². The van der Waals surface area contributed by atoms with Crippen LogP contribution in [0.5, 0.6) is 11.5 Å². The van der Waals surface area contributed by atoms with Crippen LogP contribution in [0.4, 0.5) is 0 Å². The SMILES string of the molecule is COC(=O)c1c(O[C@@H]2O[C@H](CO)[C@@H](O)[C@H](O)[C@H]2O[C@@H]2O[C@H](C)[C@@H](O)[C@H](O)[C@@H]2O)cc2c(c1O)C(=O)c1ccccc1C2=O. The van der Waals surface area contributed by atoms with E-state index in [0.717, 1.165) is 13.2 Å². The summed E-state index contributed by atoms with van der Waals surface area (Å²) in [5.74, 6) is -4.10. The number of aromatic hydroxyl groups is 1. The molecule has 2 aromatic carbocycles. The molecule has 15 nitrogen and oxygen atoms in total. The van der Waals surface area contributed by atoms with Crippen molar-refractivity contribution in [3.05, 3.63) is 58.1 Å². The van der Waals surface area contributed by atoms with Gasteiger partial charge in [-0.05, 0) is 13.0 Å². The van der Waals surface area contributed by atoms with Gasteiger partial charge in [0.05, 0.1) is 25.4 Å². The molecule has 2 aliphatic heterocycles. The van der Waals surface area contributed by atoms with Crippen LogP contribution in [-0.4, -0.2) is 128 Å². The minimum Gasteiger partial charge on any atom is -0.506 e. The first-order valence-electron chi connectivity index (χ1n) is 13.2. The summed E-state index contributed by atoms with van der Waals surface area (Å²) in [5.41, 5.74) is -1.46. The van der Waals surface area contributed by atoms with Crippen LogP contribution >= 0.6 is 0 Å². The van der Waals surface area contributed by atoms with E-state index >= 15 is 0 Å². The third-order valence-corrected chi connectivity index (χ3v) is 7.71. The smallest absolute Gasteiger partial charge is 0.345 e. The van der Waals surface area contributed by atoms with Crippen molar-refractivity contribution in [2.24, 2.45) is 0 Å². The normalized spacial score (nSPS) is 33.9. The van der Waals surface area contributed by atoms with Crippen molar-refractivity contribution in [1.29, 1.82) is 0 Å². The van der Waals surface area contributed by atoms with E-state index in [1.807, 2.05) is 0 Å². The molecule has 0 aromatic heterocycles. The Hall–Kier alpha value is -3.51. The maximum atomic E-state index is 13.4. The van der Waals surface area contributed by atoms with Gasteiger partial charge in [-0.1, -0.05) is 24.3 Å². The van der Waals surface area contributed by atoms with E-state index in [-0.39, 0.29) is 16.7 Å². The van der Waals surface area contributed by atoms with E-state index in [9.17, 15) is 50.1 Å². The molecule has 0 bridgehead atoms. The number of rotatable bonds is 6. The van der Waals surface area contributed by atoms with Crippen molar-refractivity contribution >= 4 is 17.5 Å². The molecule has 0 saturated carbocycles. The molecule has 15 heteroatoms. The second kappa shape index (κ2) is 11.9. The lowest BCUT2D eigenvalue weighted by molar-refractivity contribution is -0.354. The topological polar surface area (TPSA) is 239 Å². The minimum atomic E-state index is -1.89. The van der Waals surface area contributed by atoms with Crippen LogP contribution < -0.4 is 4.74 Å². The Morgan fingerprint density at radius 2 is 1.51 bits per heavy atom. The van der Waals surface area contributed by atoms with Crippen LogP contribution in [0.2, 0.25) is 0 Å². The standard InChI is InChI=1S/C28H30O15/c1-9-17(30)22(35)24(37)27(40-9)43-25-23(36)20(33)14(8-29)42-28(25)41-13-7-12-15(21(34)16(13)26(38)39-2)19(32)11-6-4-3-5-10(11)18(12)31/h3-7,9,14,17,20,22-25,27-30,33-37H,8H2,1-2H3/t9-,14-,17-,20-,22+,23+,24+,25-,27+,28-/m1/s1. The molecule has 0 unspecified atom stereocenters. The highest BCUT2D eigenvalue weighted by atomic mass is 16.8. The van der Waals surface area contributed by atoms with E-state index < -0.39 is 108 Å². The fourth-order valence-corrected chi connectivity index (χ4v) is 5.31. The number of phenols is 1. The average molecular weight is 607 g/mol. The summed E-state index contributed by atoms with van der Waals surface area (Å²) in [5, 5.41) is 72.9. The Morgan fingerprint density at radius 3 is 2.14 bits per heavy atom. The number of ketones is 2. The Balaban J connectivity index is 1.57. The predicted octanol–water partition coefficient (Wildman–Crippen LogP) is -2.02. The number of hydrogen-bond acceptors (Lipinski definition) is 15. The van der Waals surface area contributed by atoms with E-state index in [1.54, 1.807) is 0 Å². The lowest BCUT2D eigenvalue weighted by atomic mass is 9.82. The number of hydrogen-bond donors (Lipinski definition) is 7. The van der Waals surface area contributed by atoms with Crippen molar-refractivity contribution in [3.63, 3.8) is 0 Å². The van der Waals surface area contributed by atoms with E-state index in [0.29, 0.717) is 0 Å². The zero-order chi connectivity index (χ0) is 31.3. The van der Waals surface area contributed by atoms with Gasteiger partial charge in [-0.3, -0.25) is 9.59 Å². The molecule has 0 radical (unpaired) electrons. The fourth-order valence-electron chi connectivity index (χ4n) is 5.31. The summed E-state index contributed by atoms with van der Waals surface area (Å²) in [6.07, 6.45) is -16.5. The number of ether oxygens (including phenoxy) is 5. The molecule has 1 aliphatic carbocycles. The molecular weight excluding hydrogens is 576 g/mol. The second-order valence-corrected chi connectivity index (χ2v) is 10.3. The Labute approximate surface area is 243 Å². The zero-order valence-corrected chi connectivity index (χ0v) is 22.8. The first-order valence-corrected chi connectivity index (χ1v) is 13.2. The second-order valence-electron chi connectivity index (χ2n) is 10.3. The molecule has 3 aliphatic rings. The lowest BCUT2D eigenvalue weighted by Crippen LogP contribution is -2.64. The van der Waals surface area contributed by atoms with Crippen molar-refractivity contribution in [2.45, 2.75) is 68.3 Å². The van der Waals surface area contributed by atoms with E-state index in [2.05, 4.69) is 0 Å². The largest absolute Gasteiger partial charge is 0.506 e. The van der Waals surface area contributed by atoms with Crippen molar-refractivity contribution in [3.8, 4) is 11.5 Å². The van der Waals surface area contributed by atoms with Crippen LogP contribution in [0, 0.1) is 0 Å². The number of benzene rings is 2. The van der Waals surface area contributed by atoms with Gasteiger partial charge in [0, 0.05) is 16.7 Å². The molecule has 2 aromatic rings. The maximum Gasteiger partial charge on any atom is 0.345 e. The van der Waals surface area contributed by atoms with E-state index in [4.69, 9.17) is 23.7 Å². The third kappa shape index (κ3) is 5.18. The fraction of sp³-hybridized carbons (Fsp3) is 0.464. The number of carbonyl (C=O) groups excluding carboxylic acids is 3. The summed E-state index contributed by atoms with van der Waals surface area (Å²) in [6, 6.07) is 6.85. The quantitative estimate of drug-likeness (QED) is 0.150. The van der Waals surface area contributed by atoms with Crippen molar-refractivity contribution in [1.82, 2.24) is 0 Å². The first-order chi connectivity index (χ1) is 20.4. The zero-order valence-electron chi connectivity index (χ0n) is 22.8. The van der Waals surface area contributed by atoms with Gasteiger partial charge in [0.1, 0.15) is 53.7 Å². The Kier molecular flexibility index (Phi) is 8.54. The number of aliphatic hydroxyl groups is 6. The number of fused-ring (bicyclic) bond motifs is 2. The number of carbonyl (C=O) groups is 3. The highest BCUT2D eigenvalue weighted by Crippen LogP contribution is 2.41. The molecule has 0 amide bonds. The molecule has 7 N–H and O–H groups in total. The molecule has 5 rings (SSSR count). The summed E-state index contributed by atoms with van der Waals surface area (Å²) < 4.78 is 27.3. The summed E-state index contributed by atoms with van der Waals surface area (Å²) in [4.78, 5) is 39.5. The van der Waals surface area contributed by atoms with Crippen LogP contribution in [0.15, 0.2) is 30.3 Å². The molecule has 2 heterocycles.